The van der Waals surface area contributed by atoms with Crippen LogP contribution in [0.3, 0.4) is 0 Å². The van der Waals surface area contributed by atoms with E-state index in [1.54, 1.807) is 5.57 Å². The highest BCUT2D eigenvalue weighted by molar-refractivity contribution is 5.84. The maximum absolute atomic E-state index is 12.8. The van der Waals surface area contributed by atoms with Crippen LogP contribution in [0.2, 0.25) is 0 Å². The molecule has 0 bridgehead atoms. The number of hydrogen-bond acceptors (Lipinski definition) is 2. The van der Waals surface area contributed by atoms with Crippen LogP contribution in [0, 0.1) is 5.41 Å². The summed E-state index contributed by atoms with van der Waals surface area (Å²) in [6, 6.07) is 8.51. The van der Waals surface area contributed by atoms with Gasteiger partial charge < -0.3 is 5.32 Å². The van der Waals surface area contributed by atoms with Crippen LogP contribution < -0.4 is 5.32 Å². The number of nitrogens with zero attached hydrogens (tertiary/aromatic N) is 1. The van der Waals surface area contributed by atoms with Gasteiger partial charge in [0.05, 0.1) is 5.41 Å². The Balaban J connectivity index is 1.51. The first-order valence-electron chi connectivity index (χ1n) is 9.01. The van der Waals surface area contributed by atoms with Crippen LogP contribution in [0.1, 0.15) is 43.2 Å². The number of hydrogen-bond donors (Lipinski definition) is 1. The van der Waals surface area contributed by atoms with E-state index in [1.165, 1.54) is 36.8 Å². The molecule has 1 saturated heterocycles. The third-order valence-corrected chi connectivity index (χ3v) is 5.81. The van der Waals surface area contributed by atoms with Crippen molar-refractivity contribution in [1.29, 1.82) is 0 Å². The van der Waals surface area contributed by atoms with Crippen molar-refractivity contribution in [3.63, 3.8) is 0 Å². The van der Waals surface area contributed by atoms with Crippen molar-refractivity contribution in [2.75, 3.05) is 19.6 Å². The lowest BCUT2D eigenvalue weighted by Crippen LogP contribution is -2.42. The molecule has 3 nitrogen and oxygen atoms in total. The second-order valence-corrected chi connectivity index (χ2v) is 7.48. The molecule has 2 heterocycles. The summed E-state index contributed by atoms with van der Waals surface area (Å²) in [4.78, 5) is 15.3. The number of fused-ring (bicyclic) bond motifs is 1. The second-order valence-electron chi connectivity index (χ2n) is 7.48. The molecule has 1 aromatic rings. The molecule has 2 aliphatic heterocycles. The van der Waals surface area contributed by atoms with Crippen LogP contribution >= 0.6 is 0 Å². The minimum absolute atomic E-state index is 0.220. The van der Waals surface area contributed by atoms with Gasteiger partial charge in [-0.3, -0.25) is 9.69 Å². The number of likely N-dealkylation sites (tertiary alicyclic amines) is 1. The predicted octanol–water partition coefficient (Wildman–Crippen LogP) is 3.05. The summed E-state index contributed by atoms with van der Waals surface area (Å²) in [5.41, 5.74) is 4.00. The second kappa shape index (κ2) is 6.12. The molecular formula is C20H26N2O. The highest BCUT2D eigenvalue weighted by Crippen LogP contribution is 2.37. The Morgan fingerprint density at radius 1 is 1.17 bits per heavy atom. The van der Waals surface area contributed by atoms with Gasteiger partial charge in [-0.1, -0.05) is 35.9 Å². The monoisotopic (exact) mass is 310 g/mol. The minimum Gasteiger partial charge on any atom is -0.351 e. The van der Waals surface area contributed by atoms with Gasteiger partial charge in [-0.05, 0) is 56.2 Å². The Morgan fingerprint density at radius 3 is 2.87 bits per heavy atom. The quantitative estimate of drug-likeness (QED) is 0.852. The van der Waals surface area contributed by atoms with E-state index in [0.29, 0.717) is 6.54 Å². The Kier molecular flexibility index (Phi) is 3.98. The van der Waals surface area contributed by atoms with Crippen LogP contribution in [0.4, 0.5) is 0 Å². The average Bonchev–Trinajstić information content (AvgIpc) is 2.92. The molecule has 0 radical (unpaired) electrons. The maximum Gasteiger partial charge on any atom is 0.228 e. The first-order valence-corrected chi connectivity index (χ1v) is 9.01. The third kappa shape index (κ3) is 2.94. The molecule has 1 aliphatic carbocycles. The van der Waals surface area contributed by atoms with Gasteiger partial charge >= 0.3 is 0 Å². The molecule has 1 fully saturated rings. The van der Waals surface area contributed by atoms with Gasteiger partial charge in [-0.2, -0.15) is 0 Å². The fourth-order valence-corrected chi connectivity index (χ4v) is 4.47. The van der Waals surface area contributed by atoms with Crippen LogP contribution in [0.5, 0.6) is 0 Å². The summed E-state index contributed by atoms with van der Waals surface area (Å²) in [7, 11) is 0. The number of nitrogens with one attached hydrogen (secondary N) is 1. The molecule has 1 aromatic carbocycles. The van der Waals surface area contributed by atoms with Gasteiger partial charge in [0.1, 0.15) is 0 Å². The van der Waals surface area contributed by atoms with Crippen molar-refractivity contribution in [2.24, 2.45) is 5.41 Å². The number of carbonyl (C=O) groups is 1. The fraction of sp³-hybridized carbons (Fsp3) is 0.550. The van der Waals surface area contributed by atoms with Crippen molar-refractivity contribution in [3.05, 3.63) is 47.0 Å². The zero-order valence-electron chi connectivity index (χ0n) is 13.8. The highest BCUT2D eigenvalue weighted by Gasteiger charge is 2.45. The van der Waals surface area contributed by atoms with Crippen LogP contribution in [0.15, 0.2) is 35.9 Å². The molecule has 122 valence electrons. The van der Waals surface area contributed by atoms with E-state index >= 15 is 0 Å². The SMILES string of the molecule is O=C1NCc2ccccc2CC12CCN(CC1=CCCCC1)C2. The summed E-state index contributed by atoms with van der Waals surface area (Å²) in [5.74, 6) is 0.258. The van der Waals surface area contributed by atoms with Gasteiger partial charge in [0.15, 0.2) is 0 Å². The zero-order valence-corrected chi connectivity index (χ0v) is 13.8. The van der Waals surface area contributed by atoms with Crippen LogP contribution in [-0.4, -0.2) is 30.4 Å². The molecule has 0 saturated carbocycles. The van der Waals surface area contributed by atoms with Crippen molar-refractivity contribution >= 4 is 5.91 Å². The molecule has 1 amide bonds. The smallest absolute Gasteiger partial charge is 0.228 e. The van der Waals surface area contributed by atoms with E-state index in [9.17, 15) is 4.79 Å². The summed E-state index contributed by atoms with van der Waals surface area (Å²) in [5, 5.41) is 3.18. The number of rotatable bonds is 2. The maximum atomic E-state index is 12.8. The molecular weight excluding hydrogens is 284 g/mol. The minimum atomic E-state index is -0.220. The molecule has 1 spiro atoms. The molecule has 1 unspecified atom stereocenters. The van der Waals surface area contributed by atoms with E-state index in [1.807, 2.05) is 0 Å². The summed E-state index contributed by atoms with van der Waals surface area (Å²) < 4.78 is 0. The van der Waals surface area contributed by atoms with E-state index in [4.69, 9.17) is 0 Å². The van der Waals surface area contributed by atoms with Gasteiger partial charge in [-0.25, -0.2) is 0 Å². The zero-order chi connectivity index (χ0) is 15.7. The predicted molar refractivity (Wildman–Crippen MR) is 92.0 cm³/mol. The number of carbonyl (C=O) groups excluding carboxylic acids is 1. The first-order chi connectivity index (χ1) is 11.3. The van der Waals surface area contributed by atoms with Gasteiger partial charge in [0, 0.05) is 19.6 Å². The molecule has 1 N–H and O–H groups in total. The Morgan fingerprint density at radius 2 is 2.04 bits per heavy atom. The third-order valence-electron chi connectivity index (χ3n) is 5.81. The van der Waals surface area contributed by atoms with Crippen molar-refractivity contribution < 1.29 is 4.79 Å². The van der Waals surface area contributed by atoms with Gasteiger partial charge in [0.2, 0.25) is 5.91 Å². The lowest BCUT2D eigenvalue weighted by molar-refractivity contribution is -0.130. The lowest BCUT2D eigenvalue weighted by atomic mass is 9.80. The molecule has 4 rings (SSSR count). The van der Waals surface area contributed by atoms with E-state index in [2.05, 4.69) is 40.6 Å². The average molecular weight is 310 g/mol. The van der Waals surface area contributed by atoms with Gasteiger partial charge in [0.25, 0.3) is 0 Å². The largest absolute Gasteiger partial charge is 0.351 e. The van der Waals surface area contributed by atoms with E-state index < -0.39 is 0 Å². The topological polar surface area (TPSA) is 32.3 Å². The molecule has 3 aliphatic rings. The highest BCUT2D eigenvalue weighted by atomic mass is 16.2. The standard InChI is InChI=1S/C20H26N2O/c23-19-20(12-17-8-4-5-9-18(17)13-21-19)10-11-22(15-20)14-16-6-2-1-3-7-16/h4-6,8-9H,1-3,7,10-15H2,(H,21,23). The summed E-state index contributed by atoms with van der Waals surface area (Å²) in [6.45, 7) is 3.70. The normalized spacial score (nSPS) is 28.2. The number of benzene rings is 1. The number of allylic oxidation sites excluding steroid dienone is 1. The molecule has 23 heavy (non-hydrogen) atoms. The van der Waals surface area contributed by atoms with Gasteiger partial charge in [-0.15, -0.1) is 0 Å². The summed E-state index contributed by atoms with van der Waals surface area (Å²) >= 11 is 0. The number of amides is 1. The van der Waals surface area contributed by atoms with Crippen LogP contribution in [0.25, 0.3) is 0 Å². The van der Waals surface area contributed by atoms with E-state index in [-0.39, 0.29) is 11.3 Å². The molecule has 3 heteroatoms. The van der Waals surface area contributed by atoms with E-state index in [0.717, 1.165) is 32.5 Å². The molecule has 0 aromatic heterocycles. The van der Waals surface area contributed by atoms with Crippen molar-refractivity contribution in [2.45, 2.75) is 45.1 Å². The van der Waals surface area contributed by atoms with Crippen molar-refractivity contribution in [1.82, 2.24) is 10.2 Å². The Hall–Kier alpha value is -1.61. The Labute approximate surface area is 138 Å². The van der Waals surface area contributed by atoms with Crippen LogP contribution in [-0.2, 0) is 17.8 Å². The molecule has 1 atom stereocenters. The van der Waals surface area contributed by atoms with Crippen molar-refractivity contribution in [3.8, 4) is 0 Å². The first kappa shape index (κ1) is 14.9. The summed E-state index contributed by atoms with van der Waals surface area (Å²) in [6.07, 6.45) is 9.47. The Bertz CT molecular complexity index is 636. The lowest BCUT2D eigenvalue weighted by Gasteiger charge is -2.27. The fourth-order valence-electron chi connectivity index (χ4n) is 4.47.